The molecule has 0 bridgehead atoms. The summed E-state index contributed by atoms with van der Waals surface area (Å²) >= 11 is 0. The molecule has 46 heavy (non-hydrogen) atoms. The van der Waals surface area contributed by atoms with Gasteiger partial charge in [0.1, 0.15) is 30.3 Å². The molecule has 1 aromatic rings. The summed E-state index contributed by atoms with van der Waals surface area (Å²) in [6.07, 6.45) is -0.493. The van der Waals surface area contributed by atoms with Crippen LogP contribution in [0.5, 0.6) is 0 Å². The Balaban J connectivity index is 3.48. The van der Waals surface area contributed by atoms with Crippen LogP contribution in [0.25, 0.3) is 0 Å². The molecule has 0 heterocycles. The zero-order valence-electron chi connectivity index (χ0n) is 29.4. The number of carbonyl (C=O) groups is 5. The van der Waals surface area contributed by atoms with Gasteiger partial charge in [-0.2, -0.15) is 0 Å². The summed E-state index contributed by atoms with van der Waals surface area (Å²) in [5.74, 6) is -3.78. The van der Waals surface area contributed by atoms with Crippen LogP contribution in [-0.4, -0.2) is 90.1 Å². The maximum absolute atomic E-state index is 14.3. The van der Waals surface area contributed by atoms with Gasteiger partial charge in [0.25, 0.3) is 5.91 Å². The minimum Gasteiger partial charge on any atom is -0.459 e. The van der Waals surface area contributed by atoms with Gasteiger partial charge in [0.2, 0.25) is 11.8 Å². The maximum Gasteiger partial charge on any atom is 0.417 e. The molecule has 260 valence electrons. The highest BCUT2D eigenvalue weighted by atomic mass is 19.1. The van der Waals surface area contributed by atoms with E-state index in [0.29, 0.717) is 16.9 Å². The predicted octanol–water partition coefficient (Wildman–Crippen LogP) is 4.48. The van der Waals surface area contributed by atoms with E-state index in [1.165, 1.54) is 20.9 Å². The maximum atomic E-state index is 14.3. The molecule has 1 aromatic carbocycles. The second-order valence-corrected chi connectivity index (χ2v) is 13.6. The van der Waals surface area contributed by atoms with Gasteiger partial charge in [-0.1, -0.05) is 65.0 Å². The van der Waals surface area contributed by atoms with Gasteiger partial charge in [0.15, 0.2) is 0 Å². The Morgan fingerprint density at radius 2 is 1.46 bits per heavy atom. The lowest BCUT2D eigenvalue weighted by molar-refractivity contribution is -0.158. The molecule has 11 nitrogen and oxygen atoms in total. The van der Waals surface area contributed by atoms with Crippen molar-refractivity contribution in [3.05, 3.63) is 35.9 Å². The summed E-state index contributed by atoms with van der Waals surface area (Å²) in [5.41, 5.74) is -0.296. The molecular formula is C34H55FN4O7. The molecule has 0 aliphatic carbocycles. The lowest BCUT2D eigenvalue weighted by Gasteiger charge is -2.37. The van der Waals surface area contributed by atoms with Crippen LogP contribution in [0, 0.1) is 17.8 Å². The number of nitrogens with one attached hydrogen (secondary N) is 2. The summed E-state index contributed by atoms with van der Waals surface area (Å²) in [7, 11) is 3.00. The fourth-order valence-corrected chi connectivity index (χ4v) is 4.73. The molecule has 0 radical (unpaired) electrons. The molecule has 0 fully saturated rings. The van der Waals surface area contributed by atoms with Crippen molar-refractivity contribution in [3.8, 4) is 0 Å². The van der Waals surface area contributed by atoms with E-state index in [4.69, 9.17) is 9.47 Å². The highest BCUT2D eigenvalue weighted by molar-refractivity contribution is 6.01. The Hall–Kier alpha value is -3.54. The number of esters is 1. The quantitative estimate of drug-likeness (QED) is 0.250. The summed E-state index contributed by atoms with van der Waals surface area (Å²) < 4.78 is 25.0. The molecule has 1 rings (SSSR count). The van der Waals surface area contributed by atoms with Crippen LogP contribution >= 0.6 is 0 Å². The van der Waals surface area contributed by atoms with Gasteiger partial charge in [0.05, 0.1) is 12.7 Å². The third-order valence-electron chi connectivity index (χ3n) is 7.32. The van der Waals surface area contributed by atoms with Crippen LogP contribution in [0.15, 0.2) is 30.3 Å². The number of alkyl halides is 1. The summed E-state index contributed by atoms with van der Waals surface area (Å²) in [4.78, 5) is 69.9. The molecular weight excluding hydrogens is 595 g/mol. The van der Waals surface area contributed by atoms with E-state index in [-0.39, 0.29) is 24.9 Å². The average Bonchev–Trinajstić information content (AvgIpc) is 2.98. The van der Waals surface area contributed by atoms with Crippen molar-refractivity contribution in [2.24, 2.45) is 17.8 Å². The molecule has 12 heteroatoms. The van der Waals surface area contributed by atoms with Gasteiger partial charge in [-0.3, -0.25) is 18.8 Å². The van der Waals surface area contributed by atoms with Crippen molar-refractivity contribution in [2.45, 2.75) is 112 Å². The number of likely N-dealkylation sites (N-methyl/N-ethyl adjacent to an activating group) is 2. The highest BCUT2D eigenvalue weighted by Gasteiger charge is 2.43. The van der Waals surface area contributed by atoms with E-state index in [9.17, 15) is 28.4 Å². The number of carbonyl (C=O) groups excluding carboxylic acids is 5. The molecule has 2 N–H and O–H groups in total. The van der Waals surface area contributed by atoms with Crippen LogP contribution in [0.4, 0.5) is 9.18 Å². The fraction of sp³-hybridized carbons (Fsp3) is 0.676. The molecule has 4 amide bonds. The number of amides is 4. The second kappa shape index (κ2) is 18.6. The molecule has 0 aliphatic heterocycles. The number of rotatable bonds is 16. The largest absolute Gasteiger partial charge is 0.459 e. The van der Waals surface area contributed by atoms with E-state index < -0.39 is 72.1 Å². The van der Waals surface area contributed by atoms with Crippen molar-refractivity contribution in [2.75, 3.05) is 20.8 Å². The monoisotopic (exact) mass is 650 g/mol. The predicted molar refractivity (Wildman–Crippen MR) is 174 cm³/mol. The number of nitrogens with zero attached hydrogens (tertiary/aromatic N) is 2. The Labute approximate surface area is 273 Å². The van der Waals surface area contributed by atoms with Crippen molar-refractivity contribution < 1.29 is 37.8 Å². The van der Waals surface area contributed by atoms with Crippen LogP contribution in [0.3, 0.4) is 0 Å². The Morgan fingerprint density at radius 3 is 1.93 bits per heavy atom. The fourth-order valence-electron chi connectivity index (χ4n) is 4.73. The van der Waals surface area contributed by atoms with E-state index in [1.54, 1.807) is 52.1 Å². The molecule has 0 saturated heterocycles. The first-order chi connectivity index (χ1) is 21.3. The molecule has 0 spiro atoms. The summed E-state index contributed by atoms with van der Waals surface area (Å²) in [6, 6.07) is 4.35. The molecule has 0 saturated carbocycles. The molecule has 1 unspecified atom stereocenters. The third kappa shape index (κ3) is 12.7. The van der Waals surface area contributed by atoms with Gasteiger partial charge in [-0.05, 0) is 65.0 Å². The Kier molecular flexibility index (Phi) is 16.3. The van der Waals surface area contributed by atoms with E-state index in [1.807, 2.05) is 33.8 Å². The van der Waals surface area contributed by atoms with E-state index >= 15 is 0 Å². The minimum absolute atomic E-state index is 0.0823. The van der Waals surface area contributed by atoms with E-state index in [0.717, 1.165) is 4.90 Å². The zero-order chi connectivity index (χ0) is 35.4. The first-order valence-electron chi connectivity index (χ1n) is 15.9. The van der Waals surface area contributed by atoms with Gasteiger partial charge in [-0.15, -0.1) is 0 Å². The normalized spacial score (nSPS) is 14.9. The van der Waals surface area contributed by atoms with Crippen molar-refractivity contribution in [3.63, 3.8) is 0 Å². The third-order valence-corrected chi connectivity index (χ3v) is 7.32. The van der Waals surface area contributed by atoms with Gasteiger partial charge >= 0.3 is 12.1 Å². The van der Waals surface area contributed by atoms with Crippen LogP contribution < -0.4 is 10.6 Å². The van der Waals surface area contributed by atoms with Crippen LogP contribution in [0.2, 0.25) is 0 Å². The van der Waals surface area contributed by atoms with Crippen molar-refractivity contribution in [1.29, 1.82) is 0 Å². The van der Waals surface area contributed by atoms with Gasteiger partial charge in [-0.25, -0.2) is 14.5 Å². The topological polar surface area (TPSA) is 134 Å². The number of ether oxygens (including phenoxy) is 2. The smallest absolute Gasteiger partial charge is 0.417 e. The van der Waals surface area contributed by atoms with Crippen molar-refractivity contribution in [1.82, 2.24) is 20.4 Å². The van der Waals surface area contributed by atoms with Crippen LogP contribution in [0.1, 0.15) is 80.7 Å². The van der Waals surface area contributed by atoms with Gasteiger partial charge in [0, 0.05) is 13.0 Å². The van der Waals surface area contributed by atoms with Crippen LogP contribution in [-0.2, 0) is 35.3 Å². The van der Waals surface area contributed by atoms with Gasteiger partial charge < -0.3 is 25.0 Å². The lowest BCUT2D eigenvalue weighted by Crippen LogP contribution is -2.61. The number of hydrogen-bond donors (Lipinski definition) is 2. The molecule has 5 atom stereocenters. The minimum atomic E-state index is -1.41. The average molecular weight is 651 g/mol. The van der Waals surface area contributed by atoms with E-state index in [2.05, 4.69) is 10.6 Å². The summed E-state index contributed by atoms with van der Waals surface area (Å²) in [5, 5.41) is 5.62. The first-order valence-corrected chi connectivity index (χ1v) is 15.9. The Bertz CT molecular complexity index is 1160. The first kappa shape index (κ1) is 40.5. The highest BCUT2D eigenvalue weighted by Crippen LogP contribution is 2.21. The summed E-state index contributed by atoms with van der Waals surface area (Å²) in [6.45, 7) is 14.3. The number of halogens is 1. The lowest BCUT2D eigenvalue weighted by atomic mass is 9.96. The van der Waals surface area contributed by atoms with Crippen molar-refractivity contribution >= 4 is 29.8 Å². The number of imide groups is 1. The zero-order valence-corrected chi connectivity index (χ0v) is 29.4. The number of benzene rings is 1. The Morgan fingerprint density at radius 1 is 0.891 bits per heavy atom. The molecule has 0 aromatic heterocycles. The molecule has 0 aliphatic rings. The number of hydrogen-bond acceptors (Lipinski definition) is 8. The standard InChI is InChI=1S/C34H55FN4O7/c1-21(2)17-26(36-10)29(40)37-28(23(5)19-35)31(42)38(11)27(18-22(3)4)30(41)39(33(44)46-34(7,8)9)24(6)32(43)45-20-25-15-13-12-14-16-25/h12-16,21-24,26-28,36H,17-20H2,1-11H3,(H,37,40)/t23?,24-,26-,27-,28-/m0/s1. The SMILES string of the molecule is CN[C@@H](CC(C)C)C(=O)N[C@H](C(=O)N(C)[C@@H](CC(C)C)C(=O)N(C(=O)OC(C)(C)C)[C@@H](C)C(=O)OCc1ccccc1)C(C)CF. The second-order valence-electron chi connectivity index (χ2n) is 13.6.